The molecule has 6 rings (SSSR count). The highest BCUT2D eigenvalue weighted by Gasteiger charge is 2.44. The van der Waals surface area contributed by atoms with E-state index < -0.39 is 25.2 Å². The van der Waals surface area contributed by atoms with Crippen LogP contribution in [0.25, 0.3) is 57.5 Å². The zero-order chi connectivity index (χ0) is 36.6. The van der Waals surface area contributed by atoms with Gasteiger partial charge in [-0.3, -0.25) is 0 Å². The van der Waals surface area contributed by atoms with Crippen LogP contribution in [0.15, 0.2) is 53.0 Å². The van der Waals surface area contributed by atoms with E-state index in [1.165, 1.54) is 11.1 Å². The summed E-state index contributed by atoms with van der Waals surface area (Å²) in [6.07, 6.45) is 14.8. The summed E-state index contributed by atoms with van der Waals surface area (Å²) in [7, 11) is -6.98. The minimum absolute atomic E-state index is 0.897. The maximum atomic E-state index is 7.19. The lowest BCUT2D eigenvalue weighted by Crippen LogP contribution is -2.60. The number of halogens is 1. The first kappa shape index (κ1) is 37.6. The average Bonchev–Trinajstić information content (AvgIpc) is 3.88. The molecule has 0 saturated heterocycles. The quantitative estimate of drug-likeness (QED) is 0.121. The fourth-order valence-corrected chi connectivity index (χ4v) is 19.7. The fourth-order valence-electron chi connectivity index (χ4n) is 7.16. The van der Waals surface area contributed by atoms with Gasteiger partial charge in [-0.05, 0) is 136 Å². The van der Waals surface area contributed by atoms with Gasteiger partial charge in [0.15, 0.2) is 16.6 Å². The van der Waals surface area contributed by atoms with Crippen LogP contribution < -0.4 is 5.19 Å². The number of benzene rings is 1. The minimum Gasteiger partial charge on any atom is -0.433 e. The summed E-state index contributed by atoms with van der Waals surface area (Å²) in [6, 6.07) is 17.3. The Labute approximate surface area is 315 Å². The van der Waals surface area contributed by atoms with E-state index in [1.807, 2.05) is 0 Å². The molecule has 2 aliphatic heterocycles. The van der Waals surface area contributed by atoms with Crippen LogP contribution in [0.4, 0.5) is 0 Å². The highest BCUT2D eigenvalue weighted by molar-refractivity contribution is 9.10. The normalized spacial score (nSPS) is 13.4. The van der Waals surface area contributed by atoms with E-state index in [0.29, 0.717) is 0 Å². The Morgan fingerprint density at radius 1 is 0.627 bits per heavy atom. The number of aromatic amines is 2. The molecule has 0 spiro atoms. The summed E-state index contributed by atoms with van der Waals surface area (Å²) >= 11 is 4.11. The summed E-state index contributed by atoms with van der Waals surface area (Å²) in [4.78, 5) is 18.5. The topological polar surface area (TPSA) is 75.8 Å². The van der Waals surface area contributed by atoms with Gasteiger partial charge in [-0.25, -0.2) is 9.97 Å². The molecule has 0 fully saturated rings. The van der Waals surface area contributed by atoms with E-state index in [-0.39, 0.29) is 0 Å². The number of fused-ring (bicyclic) bond motifs is 8. The SMILES string of the molecule is CCCCc1c2nc(c(-c3ccccc3)c3nc(c(CCCC)c4cc([Si](C)(O[Si](C)(C)C)O[Si](C)(C)C)c([nH]4)c(Br)c4ccc1[nH]4)C=C3)C=C2. The zero-order valence-electron chi connectivity index (χ0n) is 31.8. The lowest BCUT2D eigenvalue weighted by molar-refractivity contribution is 0.405. The van der Waals surface area contributed by atoms with Crippen molar-refractivity contribution >= 4 is 92.7 Å². The van der Waals surface area contributed by atoms with E-state index >= 15 is 0 Å². The standard InChI is InChI=1S/C41H53BrN4O2Si3/c1-10-12-19-29-31-21-24-34(43-31)39(28-17-15-14-16-18-28)35-25-22-33(44-35)30(20-13-11-2)37-27-38(41(46-37)40(42)36-26-23-32(29)45-36)51(9,47-49(3,4)5)48-50(6,7)8/h14-18,21-27,45-46H,10-13,19-20H2,1-9H3. The van der Waals surface area contributed by atoms with Gasteiger partial charge >= 0.3 is 8.56 Å². The fraction of sp³-hybridized carbons (Fsp3) is 0.366. The molecule has 1 aromatic carbocycles. The van der Waals surface area contributed by atoms with Gasteiger partial charge < -0.3 is 18.2 Å². The van der Waals surface area contributed by atoms with Gasteiger partial charge in [0, 0.05) is 32.9 Å². The molecular formula is C41H53BrN4O2Si3. The van der Waals surface area contributed by atoms with Gasteiger partial charge in [0.25, 0.3) is 0 Å². The first-order valence-electron chi connectivity index (χ1n) is 18.5. The molecule has 4 aromatic rings. The van der Waals surface area contributed by atoms with E-state index in [4.69, 9.17) is 18.2 Å². The lowest BCUT2D eigenvalue weighted by Gasteiger charge is -2.38. The largest absolute Gasteiger partial charge is 0.433 e. The monoisotopic (exact) mass is 796 g/mol. The Hall–Kier alpha value is -3.13. The summed E-state index contributed by atoms with van der Waals surface area (Å²) in [6.45, 7) is 20.3. The van der Waals surface area contributed by atoms with Crippen LogP contribution in [-0.2, 0) is 21.1 Å². The number of aromatic nitrogens is 4. The van der Waals surface area contributed by atoms with Crippen molar-refractivity contribution in [3.63, 3.8) is 0 Å². The number of H-pyrrole nitrogens is 2. The number of unbranched alkanes of at least 4 members (excludes halogenated alkanes) is 2. The van der Waals surface area contributed by atoms with Crippen molar-refractivity contribution in [1.82, 2.24) is 19.9 Å². The molecule has 268 valence electrons. The van der Waals surface area contributed by atoms with E-state index in [9.17, 15) is 0 Å². The van der Waals surface area contributed by atoms with Gasteiger partial charge in [0.2, 0.25) is 0 Å². The Balaban J connectivity index is 1.81. The molecule has 2 N–H and O–H groups in total. The summed E-state index contributed by atoms with van der Waals surface area (Å²) in [5.41, 5.74) is 12.6. The molecule has 8 bridgehead atoms. The van der Waals surface area contributed by atoms with Gasteiger partial charge in [-0.2, -0.15) is 0 Å². The number of nitrogens with one attached hydrogen (secondary N) is 2. The van der Waals surface area contributed by atoms with Crippen molar-refractivity contribution in [1.29, 1.82) is 0 Å². The predicted octanol–water partition coefficient (Wildman–Crippen LogP) is 11.8. The molecular weight excluding hydrogens is 745 g/mol. The average molecular weight is 798 g/mol. The van der Waals surface area contributed by atoms with Gasteiger partial charge in [-0.1, -0.05) is 57.0 Å². The van der Waals surface area contributed by atoms with Crippen molar-refractivity contribution in [2.75, 3.05) is 0 Å². The molecule has 5 heterocycles. The van der Waals surface area contributed by atoms with Crippen LogP contribution in [0.2, 0.25) is 45.8 Å². The van der Waals surface area contributed by atoms with E-state index in [1.54, 1.807) is 0 Å². The molecule has 2 aliphatic rings. The molecule has 0 saturated carbocycles. The number of rotatable bonds is 12. The first-order valence-corrected chi connectivity index (χ1v) is 28.4. The van der Waals surface area contributed by atoms with E-state index in [2.05, 4.69) is 158 Å². The second kappa shape index (κ2) is 15.1. The van der Waals surface area contributed by atoms with Gasteiger partial charge in [0.1, 0.15) is 0 Å². The second-order valence-corrected chi connectivity index (χ2v) is 29.1. The van der Waals surface area contributed by atoms with Crippen molar-refractivity contribution in [2.24, 2.45) is 0 Å². The number of hydrogen-bond acceptors (Lipinski definition) is 4. The van der Waals surface area contributed by atoms with Crippen LogP contribution in [-0.4, -0.2) is 45.1 Å². The molecule has 0 amide bonds. The third-order valence-electron chi connectivity index (χ3n) is 9.13. The van der Waals surface area contributed by atoms with Crippen LogP contribution in [0.5, 0.6) is 0 Å². The molecule has 0 aliphatic carbocycles. The third-order valence-corrected chi connectivity index (χ3v) is 19.3. The molecule has 0 unspecified atom stereocenters. The summed E-state index contributed by atoms with van der Waals surface area (Å²) in [5.74, 6) is 0. The Bertz CT molecular complexity index is 2120. The first-order chi connectivity index (χ1) is 24.2. The van der Waals surface area contributed by atoms with Crippen molar-refractivity contribution < 1.29 is 8.23 Å². The maximum absolute atomic E-state index is 7.19. The summed E-state index contributed by atoms with van der Waals surface area (Å²) in [5, 5.41) is 1.13. The smallest absolute Gasteiger partial charge is 0.350 e. The summed E-state index contributed by atoms with van der Waals surface area (Å²) < 4.78 is 15.4. The second-order valence-electron chi connectivity index (χ2n) is 15.8. The van der Waals surface area contributed by atoms with Crippen LogP contribution in [0.3, 0.4) is 0 Å². The highest BCUT2D eigenvalue weighted by Crippen LogP contribution is 2.35. The number of hydrogen-bond donors (Lipinski definition) is 2. The van der Waals surface area contributed by atoms with Gasteiger partial charge in [-0.15, -0.1) is 0 Å². The van der Waals surface area contributed by atoms with Crippen molar-refractivity contribution in [3.8, 4) is 11.1 Å². The minimum atomic E-state index is -2.94. The molecule has 3 aromatic heterocycles. The van der Waals surface area contributed by atoms with Crippen molar-refractivity contribution in [3.05, 3.63) is 86.9 Å². The molecule has 10 heteroatoms. The highest BCUT2D eigenvalue weighted by atomic mass is 79.9. The van der Waals surface area contributed by atoms with Crippen LogP contribution >= 0.6 is 15.9 Å². The molecule has 0 atom stereocenters. The zero-order valence-corrected chi connectivity index (χ0v) is 36.3. The predicted molar refractivity (Wildman–Crippen MR) is 229 cm³/mol. The molecule has 0 radical (unpaired) electrons. The molecule has 51 heavy (non-hydrogen) atoms. The Kier molecular flexibility index (Phi) is 11.1. The lowest BCUT2D eigenvalue weighted by atomic mass is 10.0. The molecule has 6 nitrogen and oxygen atoms in total. The van der Waals surface area contributed by atoms with Gasteiger partial charge in [0.05, 0.1) is 38.3 Å². The van der Waals surface area contributed by atoms with Crippen molar-refractivity contribution in [2.45, 2.75) is 98.2 Å². The third kappa shape index (κ3) is 8.42. The number of nitrogens with zero attached hydrogens (tertiary/aromatic N) is 2. The van der Waals surface area contributed by atoms with Crippen LogP contribution in [0.1, 0.15) is 73.4 Å². The maximum Gasteiger partial charge on any atom is 0.350 e. The van der Waals surface area contributed by atoms with Crippen LogP contribution in [0, 0.1) is 0 Å². The number of aryl methyl sites for hydroxylation is 2. The Morgan fingerprint density at radius 3 is 1.67 bits per heavy atom. The van der Waals surface area contributed by atoms with E-state index in [0.717, 1.165) is 104 Å². The Morgan fingerprint density at radius 2 is 1.14 bits per heavy atom.